The molecule has 0 aliphatic carbocycles. The average Bonchev–Trinajstić information content (AvgIpc) is 2.55. The Labute approximate surface area is 94.3 Å². The molecular formula is C11H16N2O3. The number of aliphatic carboxylic acids is 1. The Balaban J connectivity index is 2.71. The summed E-state index contributed by atoms with van der Waals surface area (Å²) in [6, 6.07) is 3.60. The van der Waals surface area contributed by atoms with E-state index in [0.29, 0.717) is 5.69 Å². The third kappa shape index (κ3) is 2.62. The van der Waals surface area contributed by atoms with Crippen molar-refractivity contribution in [3.63, 3.8) is 0 Å². The van der Waals surface area contributed by atoms with E-state index in [2.05, 4.69) is 0 Å². The van der Waals surface area contributed by atoms with Crippen LogP contribution in [-0.4, -0.2) is 40.0 Å². The predicted molar refractivity (Wildman–Crippen MR) is 59.4 cm³/mol. The molecule has 0 aliphatic rings. The van der Waals surface area contributed by atoms with Crippen LogP contribution in [0.5, 0.6) is 0 Å². The Kier molecular flexibility index (Phi) is 3.71. The van der Waals surface area contributed by atoms with Gasteiger partial charge in [0.1, 0.15) is 5.69 Å². The van der Waals surface area contributed by atoms with E-state index in [1.165, 1.54) is 4.90 Å². The first kappa shape index (κ1) is 12.3. The van der Waals surface area contributed by atoms with Crippen LogP contribution in [0.1, 0.15) is 22.6 Å². The van der Waals surface area contributed by atoms with Gasteiger partial charge in [-0.15, -0.1) is 0 Å². The first-order chi connectivity index (χ1) is 7.43. The molecule has 1 aromatic rings. The predicted octanol–water partition coefficient (Wildman–Crippen LogP) is 0.880. The molecule has 0 radical (unpaired) electrons. The number of aromatic nitrogens is 1. The molecular weight excluding hydrogens is 208 g/mol. The minimum Gasteiger partial charge on any atom is -0.481 e. The van der Waals surface area contributed by atoms with Crippen molar-refractivity contribution in [2.24, 2.45) is 7.05 Å². The molecule has 0 unspecified atom stereocenters. The monoisotopic (exact) mass is 224 g/mol. The van der Waals surface area contributed by atoms with E-state index in [-0.39, 0.29) is 18.9 Å². The molecule has 1 N–H and O–H groups in total. The molecule has 16 heavy (non-hydrogen) atoms. The molecule has 0 aromatic carbocycles. The number of carbonyl (C=O) groups excluding carboxylic acids is 1. The molecule has 88 valence electrons. The number of nitrogens with zero attached hydrogens (tertiary/aromatic N) is 2. The summed E-state index contributed by atoms with van der Waals surface area (Å²) in [7, 11) is 3.42. The normalized spacial score (nSPS) is 10.2. The summed E-state index contributed by atoms with van der Waals surface area (Å²) in [5.41, 5.74) is 1.57. The Morgan fingerprint density at radius 1 is 1.44 bits per heavy atom. The van der Waals surface area contributed by atoms with E-state index in [9.17, 15) is 9.59 Å². The highest BCUT2D eigenvalue weighted by molar-refractivity contribution is 5.92. The summed E-state index contributed by atoms with van der Waals surface area (Å²) >= 11 is 0. The van der Waals surface area contributed by atoms with E-state index in [0.717, 1.165) is 5.69 Å². The Hall–Kier alpha value is -1.78. The number of amides is 1. The SMILES string of the molecule is Cc1ccc(C(=O)N(C)CCC(=O)O)n1C. The number of carbonyl (C=O) groups is 2. The Bertz CT molecular complexity index is 409. The maximum atomic E-state index is 11.9. The number of hydrogen-bond acceptors (Lipinski definition) is 2. The second-order valence-electron chi connectivity index (χ2n) is 3.79. The zero-order valence-electron chi connectivity index (χ0n) is 9.73. The van der Waals surface area contributed by atoms with E-state index >= 15 is 0 Å². The van der Waals surface area contributed by atoms with Crippen molar-refractivity contribution in [1.29, 1.82) is 0 Å². The van der Waals surface area contributed by atoms with Crippen LogP contribution in [0.15, 0.2) is 12.1 Å². The van der Waals surface area contributed by atoms with Gasteiger partial charge in [0.05, 0.1) is 6.42 Å². The van der Waals surface area contributed by atoms with Gasteiger partial charge in [-0.05, 0) is 19.1 Å². The molecule has 0 spiro atoms. The van der Waals surface area contributed by atoms with Gasteiger partial charge in [-0.1, -0.05) is 0 Å². The second kappa shape index (κ2) is 4.83. The first-order valence-electron chi connectivity index (χ1n) is 5.03. The topological polar surface area (TPSA) is 62.5 Å². The van der Waals surface area contributed by atoms with Crippen molar-refractivity contribution < 1.29 is 14.7 Å². The number of rotatable bonds is 4. The minimum atomic E-state index is -0.900. The molecule has 0 fully saturated rings. The molecule has 0 bridgehead atoms. The van der Waals surface area contributed by atoms with Gasteiger partial charge in [-0.25, -0.2) is 0 Å². The largest absolute Gasteiger partial charge is 0.481 e. The number of aryl methyl sites for hydroxylation is 1. The number of hydrogen-bond donors (Lipinski definition) is 1. The van der Waals surface area contributed by atoms with E-state index < -0.39 is 5.97 Å². The van der Waals surface area contributed by atoms with Gasteiger partial charge in [-0.2, -0.15) is 0 Å². The van der Waals surface area contributed by atoms with Crippen molar-refractivity contribution in [2.75, 3.05) is 13.6 Å². The van der Waals surface area contributed by atoms with Crippen LogP contribution in [0, 0.1) is 6.92 Å². The summed E-state index contributed by atoms with van der Waals surface area (Å²) in [4.78, 5) is 23.7. The van der Waals surface area contributed by atoms with Gasteiger partial charge >= 0.3 is 5.97 Å². The molecule has 1 rings (SSSR count). The maximum Gasteiger partial charge on any atom is 0.305 e. The smallest absolute Gasteiger partial charge is 0.305 e. The fourth-order valence-corrected chi connectivity index (χ4v) is 1.39. The lowest BCUT2D eigenvalue weighted by atomic mass is 10.3. The lowest BCUT2D eigenvalue weighted by Gasteiger charge is -2.16. The molecule has 0 aliphatic heterocycles. The summed E-state index contributed by atoms with van der Waals surface area (Å²) in [5.74, 6) is -1.06. The van der Waals surface area contributed by atoms with Crippen molar-refractivity contribution in [3.05, 3.63) is 23.5 Å². The Morgan fingerprint density at radius 3 is 2.50 bits per heavy atom. The van der Waals surface area contributed by atoms with Crippen LogP contribution in [0.3, 0.4) is 0 Å². The molecule has 5 heteroatoms. The second-order valence-corrected chi connectivity index (χ2v) is 3.79. The number of carboxylic acid groups (broad SMARTS) is 1. The van der Waals surface area contributed by atoms with Crippen molar-refractivity contribution >= 4 is 11.9 Å². The average molecular weight is 224 g/mol. The van der Waals surface area contributed by atoms with Gasteiger partial charge in [0.2, 0.25) is 0 Å². The summed E-state index contributed by atoms with van der Waals surface area (Å²) in [6.45, 7) is 2.13. The quantitative estimate of drug-likeness (QED) is 0.825. The van der Waals surface area contributed by atoms with Gasteiger partial charge in [0.25, 0.3) is 5.91 Å². The van der Waals surface area contributed by atoms with Crippen LogP contribution in [0.4, 0.5) is 0 Å². The molecule has 0 atom stereocenters. The standard InChI is InChI=1S/C11H16N2O3/c1-8-4-5-9(13(8)3)11(16)12(2)7-6-10(14)15/h4-5H,6-7H2,1-3H3,(H,14,15). The highest BCUT2D eigenvalue weighted by Crippen LogP contribution is 2.08. The van der Waals surface area contributed by atoms with Crippen molar-refractivity contribution in [3.8, 4) is 0 Å². The highest BCUT2D eigenvalue weighted by atomic mass is 16.4. The van der Waals surface area contributed by atoms with Crippen LogP contribution >= 0.6 is 0 Å². The third-order valence-electron chi connectivity index (χ3n) is 2.60. The van der Waals surface area contributed by atoms with Crippen LogP contribution in [0.2, 0.25) is 0 Å². The lowest BCUT2D eigenvalue weighted by Crippen LogP contribution is -2.30. The Morgan fingerprint density at radius 2 is 2.06 bits per heavy atom. The van der Waals surface area contributed by atoms with E-state index in [4.69, 9.17) is 5.11 Å². The van der Waals surface area contributed by atoms with Crippen LogP contribution < -0.4 is 0 Å². The fraction of sp³-hybridized carbons (Fsp3) is 0.455. The molecule has 5 nitrogen and oxygen atoms in total. The van der Waals surface area contributed by atoms with Gasteiger partial charge in [-0.3, -0.25) is 9.59 Å². The molecule has 0 saturated heterocycles. The van der Waals surface area contributed by atoms with Crippen LogP contribution in [-0.2, 0) is 11.8 Å². The molecule has 0 saturated carbocycles. The molecule has 1 aromatic heterocycles. The van der Waals surface area contributed by atoms with Crippen molar-refractivity contribution in [1.82, 2.24) is 9.47 Å². The first-order valence-corrected chi connectivity index (χ1v) is 5.03. The summed E-state index contributed by atoms with van der Waals surface area (Å²) < 4.78 is 1.79. The zero-order valence-corrected chi connectivity index (χ0v) is 9.73. The zero-order chi connectivity index (χ0) is 12.3. The lowest BCUT2D eigenvalue weighted by molar-refractivity contribution is -0.137. The number of carboxylic acids is 1. The fourth-order valence-electron chi connectivity index (χ4n) is 1.39. The minimum absolute atomic E-state index is 0.0361. The van der Waals surface area contributed by atoms with Crippen LogP contribution in [0.25, 0.3) is 0 Å². The third-order valence-corrected chi connectivity index (χ3v) is 2.60. The highest BCUT2D eigenvalue weighted by Gasteiger charge is 2.15. The van der Waals surface area contributed by atoms with E-state index in [1.54, 1.807) is 17.7 Å². The maximum absolute atomic E-state index is 11.9. The summed E-state index contributed by atoms with van der Waals surface area (Å²) in [6.07, 6.45) is -0.0361. The van der Waals surface area contributed by atoms with Crippen molar-refractivity contribution in [2.45, 2.75) is 13.3 Å². The molecule has 1 heterocycles. The van der Waals surface area contributed by atoms with Gasteiger partial charge in [0, 0.05) is 26.3 Å². The summed E-state index contributed by atoms with van der Waals surface area (Å²) in [5, 5.41) is 8.53. The van der Waals surface area contributed by atoms with Gasteiger partial charge < -0.3 is 14.6 Å². The molecule has 1 amide bonds. The van der Waals surface area contributed by atoms with E-state index in [1.807, 2.05) is 20.0 Å². The van der Waals surface area contributed by atoms with Gasteiger partial charge in [0.15, 0.2) is 0 Å².